The summed E-state index contributed by atoms with van der Waals surface area (Å²) in [6.07, 6.45) is 0.150. The largest absolute Gasteiger partial charge is 0.478 e. The SMILES string of the molecule is CC1CCOC1C(=O)Nc1cccc(F)c1C(=O)O. The molecule has 102 valence electrons. The topological polar surface area (TPSA) is 75.6 Å². The molecule has 2 rings (SSSR count). The van der Waals surface area contributed by atoms with E-state index in [1.54, 1.807) is 0 Å². The van der Waals surface area contributed by atoms with Crippen LogP contribution in [-0.4, -0.2) is 29.7 Å². The third-order valence-electron chi connectivity index (χ3n) is 3.13. The summed E-state index contributed by atoms with van der Waals surface area (Å²) in [5.74, 6) is -2.69. The van der Waals surface area contributed by atoms with Gasteiger partial charge in [0.25, 0.3) is 5.91 Å². The van der Waals surface area contributed by atoms with Crippen molar-refractivity contribution in [2.75, 3.05) is 11.9 Å². The Hall–Kier alpha value is -1.95. The van der Waals surface area contributed by atoms with Crippen LogP contribution >= 0.6 is 0 Å². The zero-order valence-corrected chi connectivity index (χ0v) is 10.4. The molecular weight excluding hydrogens is 253 g/mol. The standard InChI is InChI=1S/C13H14FNO4/c1-7-5-6-19-11(7)12(16)15-9-4-2-3-8(14)10(9)13(17)18/h2-4,7,11H,5-6H2,1H3,(H,15,16)(H,17,18). The van der Waals surface area contributed by atoms with Crippen molar-refractivity contribution in [2.24, 2.45) is 5.92 Å². The Labute approximate surface area is 109 Å². The zero-order chi connectivity index (χ0) is 14.0. The van der Waals surface area contributed by atoms with Gasteiger partial charge in [0.2, 0.25) is 0 Å². The Morgan fingerprint density at radius 1 is 1.47 bits per heavy atom. The Morgan fingerprint density at radius 3 is 2.79 bits per heavy atom. The van der Waals surface area contributed by atoms with Crippen molar-refractivity contribution in [3.05, 3.63) is 29.6 Å². The van der Waals surface area contributed by atoms with Crippen LogP contribution in [0, 0.1) is 11.7 Å². The number of ether oxygens (including phenoxy) is 1. The molecule has 0 radical (unpaired) electrons. The van der Waals surface area contributed by atoms with E-state index in [-0.39, 0.29) is 11.6 Å². The van der Waals surface area contributed by atoms with Gasteiger partial charge in [-0.2, -0.15) is 0 Å². The van der Waals surface area contributed by atoms with Crippen molar-refractivity contribution in [1.82, 2.24) is 0 Å². The highest BCUT2D eigenvalue weighted by molar-refractivity contribution is 6.02. The van der Waals surface area contributed by atoms with Gasteiger partial charge in [-0.1, -0.05) is 13.0 Å². The first kappa shape index (κ1) is 13.5. The molecule has 1 aromatic carbocycles. The molecule has 6 heteroatoms. The van der Waals surface area contributed by atoms with Gasteiger partial charge in [0, 0.05) is 6.61 Å². The first-order valence-electron chi connectivity index (χ1n) is 5.95. The number of halogens is 1. The van der Waals surface area contributed by atoms with E-state index in [1.165, 1.54) is 12.1 Å². The first-order chi connectivity index (χ1) is 9.00. The number of benzene rings is 1. The lowest BCUT2D eigenvalue weighted by Crippen LogP contribution is -2.32. The number of amides is 1. The van der Waals surface area contributed by atoms with Crippen LogP contribution < -0.4 is 5.32 Å². The van der Waals surface area contributed by atoms with Gasteiger partial charge in [0.15, 0.2) is 0 Å². The molecule has 0 aliphatic carbocycles. The van der Waals surface area contributed by atoms with E-state index >= 15 is 0 Å². The zero-order valence-electron chi connectivity index (χ0n) is 10.4. The van der Waals surface area contributed by atoms with E-state index in [9.17, 15) is 14.0 Å². The Bertz CT molecular complexity index is 517. The third kappa shape index (κ3) is 2.73. The number of carbonyl (C=O) groups excluding carboxylic acids is 1. The van der Waals surface area contributed by atoms with E-state index < -0.39 is 29.4 Å². The second-order valence-electron chi connectivity index (χ2n) is 4.51. The normalized spacial score (nSPS) is 22.2. The fraction of sp³-hybridized carbons (Fsp3) is 0.385. The summed E-state index contributed by atoms with van der Waals surface area (Å²) in [7, 11) is 0. The van der Waals surface area contributed by atoms with Crippen LogP contribution in [0.15, 0.2) is 18.2 Å². The second-order valence-corrected chi connectivity index (χ2v) is 4.51. The lowest BCUT2D eigenvalue weighted by Gasteiger charge is -2.15. The number of carboxylic acid groups (broad SMARTS) is 1. The lowest BCUT2D eigenvalue weighted by atomic mass is 10.0. The van der Waals surface area contributed by atoms with Crippen molar-refractivity contribution in [3.8, 4) is 0 Å². The summed E-state index contributed by atoms with van der Waals surface area (Å²) in [6, 6.07) is 3.73. The van der Waals surface area contributed by atoms with Gasteiger partial charge in [0.05, 0.1) is 5.69 Å². The highest BCUT2D eigenvalue weighted by Gasteiger charge is 2.31. The number of rotatable bonds is 3. The summed E-state index contributed by atoms with van der Waals surface area (Å²) >= 11 is 0. The van der Waals surface area contributed by atoms with Crippen molar-refractivity contribution in [2.45, 2.75) is 19.4 Å². The molecule has 1 fully saturated rings. The minimum absolute atomic E-state index is 0.0554. The van der Waals surface area contributed by atoms with E-state index in [1.807, 2.05) is 6.92 Å². The van der Waals surface area contributed by atoms with E-state index in [2.05, 4.69) is 5.32 Å². The molecule has 2 N–H and O–H groups in total. The van der Waals surface area contributed by atoms with Gasteiger partial charge in [-0.3, -0.25) is 4.79 Å². The number of carbonyl (C=O) groups is 2. The molecule has 1 aromatic rings. The summed E-state index contributed by atoms with van der Waals surface area (Å²) in [4.78, 5) is 22.9. The van der Waals surface area contributed by atoms with Crippen molar-refractivity contribution >= 4 is 17.6 Å². The van der Waals surface area contributed by atoms with E-state index in [0.29, 0.717) is 6.61 Å². The van der Waals surface area contributed by atoms with E-state index in [0.717, 1.165) is 12.5 Å². The summed E-state index contributed by atoms with van der Waals surface area (Å²) in [5, 5.41) is 11.4. The van der Waals surface area contributed by atoms with Crippen molar-refractivity contribution < 1.29 is 23.8 Å². The molecular formula is C13H14FNO4. The first-order valence-corrected chi connectivity index (χ1v) is 5.95. The number of nitrogens with one attached hydrogen (secondary N) is 1. The second kappa shape index (κ2) is 5.36. The Balaban J connectivity index is 2.21. The molecule has 2 atom stereocenters. The maximum Gasteiger partial charge on any atom is 0.340 e. The van der Waals surface area contributed by atoms with Crippen LogP contribution in [0.25, 0.3) is 0 Å². The summed E-state index contributed by atoms with van der Waals surface area (Å²) in [5.41, 5.74) is -0.596. The van der Waals surface area contributed by atoms with Gasteiger partial charge in [-0.05, 0) is 24.5 Å². The molecule has 0 spiro atoms. The van der Waals surface area contributed by atoms with Crippen LogP contribution in [0.2, 0.25) is 0 Å². The highest BCUT2D eigenvalue weighted by atomic mass is 19.1. The monoisotopic (exact) mass is 267 g/mol. The molecule has 0 bridgehead atoms. The number of hydrogen-bond donors (Lipinski definition) is 2. The van der Waals surface area contributed by atoms with Gasteiger partial charge in [-0.25, -0.2) is 9.18 Å². The van der Waals surface area contributed by atoms with Gasteiger partial charge in [-0.15, -0.1) is 0 Å². The Morgan fingerprint density at radius 2 is 2.21 bits per heavy atom. The predicted molar refractivity (Wildman–Crippen MR) is 65.5 cm³/mol. The van der Waals surface area contributed by atoms with Gasteiger partial charge < -0.3 is 15.2 Å². The molecule has 1 aliphatic heterocycles. The van der Waals surface area contributed by atoms with Crippen molar-refractivity contribution in [3.63, 3.8) is 0 Å². The number of hydrogen-bond acceptors (Lipinski definition) is 3. The molecule has 1 saturated heterocycles. The average molecular weight is 267 g/mol. The van der Waals surface area contributed by atoms with Crippen LogP contribution in [0.5, 0.6) is 0 Å². The fourth-order valence-electron chi connectivity index (χ4n) is 2.08. The van der Waals surface area contributed by atoms with E-state index in [4.69, 9.17) is 9.84 Å². The van der Waals surface area contributed by atoms with Crippen LogP contribution in [0.1, 0.15) is 23.7 Å². The van der Waals surface area contributed by atoms with Crippen LogP contribution in [0.3, 0.4) is 0 Å². The quantitative estimate of drug-likeness (QED) is 0.876. The molecule has 5 nitrogen and oxygen atoms in total. The molecule has 2 unspecified atom stereocenters. The number of anilines is 1. The van der Waals surface area contributed by atoms with Gasteiger partial charge >= 0.3 is 5.97 Å². The van der Waals surface area contributed by atoms with Crippen molar-refractivity contribution in [1.29, 1.82) is 0 Å². The molecule has 19 heavy (non-hydrogen) atoms. The molecule has 0 aromatic heterocycles. The summed E-state index contributed by atoms with van der Waals surface area (Å²) in [6.45, 7) is 2.37. The highest BCUT2D eigenvalue weighted by Crippen LogP contribution is 2.24. The Kier molecular flexibility index (Phi) is 3.80. The smallest absolute Gasteiger partial charge is 0.340 e. The third-order valence-corrected chi connectivity index (χ3v) is 3.13. The maximum atomic E-state index is 13.4. The molecule has 1 aliphatic rings. The average Bonchev–Trinajstić information content (AvgIpc) is 2.75. The minimum atomic E-state index is -1.42. The number of carboxylic acids is 1. The number of aromatic carboxylic acids is 1. The summed E-state index contributed by atoms with van der Waals surface area (Å²) < 4.78 is 18.7. The van der Waals surface area contributed by atoms with Gasteiger partial charge in [0.1, 0.15) is 17.5 Å². The molecule has 1 amide bonds. The molecule has 1 heterocycles. The van der Waals surface area contributed by atoms with Crippen LogP contribution in [0.4, 0.5) is 10.1 Å². The maximum absolute atomic E-state index is 13.4. The lowest BCUT2D eigenvalue weighted by molar-refractivity contribution is -0.126. The van der Waals surface area contributed by atoms with Crippen LogP contribution in [-0.2, 0) is 9.53 Å². The minimum Gasteiger partial charge on any atom is -0.478 e. The predicted octanol–water partition coefficient (Wildman–Crippen LogP) is 1.89. The fourth-order valence-corrected chi connectivity index (χ4v) is 2.08. The molecule has 0 saturated carbocycles.